The van der Waals surface area contributed by atoms with Crippen LogP contribution in [0, 0.1) is 0 Å². The number of carbonyl (C=O) groups is 2. The maximum Gasteiger partial charge on any atom is 0.303 e. The number of carboxylic acid groups (broad SMARTS) is 1. The predicted molar refractivity (Wildman–Crippen MR) is 68.2 cm³/mol. The van der Waals surface area contributed by atoms with E-state index in [0.29, 0.717) is 12.0 Å². The van der Waals surface area contributed by atoms with Crippen LogP contribution in [-0.4, -0.2) is 28.1 Å². The highest BCUT2D eigenvalue weighted by atomic mass is 16.4. The molecule has 100 valence electrons. The van der Waals surface area contributed by atoms with Crippen molar-refractivity contribution in [1.29, 1.82) is 0 Å². The highest BCUT2D eigenvalue weighted by molar-refractivity contribution is 5.98. The van der Waals surface area contributed by atoms with Crippen molar-refractivity contribution in [1.82, 2.24) is 0 Å². The normalized spacial score (nSPS) is 19.5. The fourth-order valence-corrected chi connectivity index (χ4v) is 1.93. The van der Waals surface area contributed by atoms with E-state index in [1.54, 1.807) is 6.08 Å². The molecule has 0 bridgehead atoms. The summed E-state index contributed by atoms with van der Waals surface area (Å²) in [5.74, 6) is -0.704. The van der Waals surface area contributed by atoms with Gasteiger partial charge in [0.25, 0.3) is 0 Å². The summed E-state index contributed by atoms with van der Waals surface area (Å²) in [6, 6.07) is 0. The SMILES string of the molecule is O=C(O)CCCCCC=CCC1=CC(O)CC1=O. The number of hydrogen-bond acceptors (Lipinski definition) is 3. The molecule has 1 atom stereocenters. The molecule has 0 spiro atoms. The van der Waals surface area contributed by atoms with Crippen molar-refractivity contribution in [3.8, 4) is 0 Å². The number of allylic oxidation sites excluding steroid dienone is 3. The molecule has 0 fully saturated rings. The molecular weight excluding hydrogens is 232 g/mol. The van der Waals surface area contributed by atoms with Gasteiger partial charge >= 0.3 is 5.97 Å². The Kier molecular flexibility index (Phi) is 6.36. The van der Waals surface area contributed by atoms with Crippen LogP contribution in [0.5, 0.6) is 0 Å². The Morgan fingerprint density at radius 3 is 2.72 bits per heavy atom. The first kappa shape index (κ1) is 14.6. The molecule has 2 N–H and O–H groups in total. The molecule has 0 saturated heterocycles. The molecule has 0 aromatic heterocycles. The summed E-state index contributed by atoms with van der Waals surface area (Å²) in [4.78, 5) is 21.6. The number of Topliss-reactive ketones (excluding diaryl/α,β-unsaturated/α-hetero) is 1. The van der Waals surface area contributed by atoms with Crippen LogP contribution >= 0.6 is 0 Å². The fraction of sp³-hybridized carbons (Fsp3) is 0.571. The van der Waals surface area contributed by atoms with Crippen LogP contribution < -0.4 is 0 Å². The van der Waals surface area contributed by atoms with Crippen molar-refractivity contribution in [2.75, 3.05) is 0 Å². The van der Waals surface area contributed by atoms with Gasteiger partial charge in [0.1, 0.15) is 0 Å². The number of aliphatic hydroxyl groups is 1. The smallest absolute Gasteiger partial charge is 0.303 e. The molecule has 0 heterocycles. The van der Waals surface area contributed by atoms with Gasteiger partial charge in [0.15, 0.2) is 5.78 Å². The topological polar surface area (TPSA) is 74.6 Å². The third-order valence-electron chi connectivity index (χ3n) is 2.91. The van der Waals surface area contributed by atoms with E-state index in [1.807, 2.05) is 12.2 Å². The number of rotatable bonds is 8. The Morgan fingerprint density at radius 1 is 1.33 bits per heavy atom. The number of carbonyl (C=O) groups excluding carboxylic acids is 1. The molecule has 1 aliphatic carbocycles. The summed E-state index contributed by atoms with van der Waals surface area (Å²) < 4.78 is 0. The third-order valence-corrected chi connectivity index (χ3v) is 2.91. The van der Waals surface area contributed by atoms with Gasteiger partial charge in [0, 0.05) is 12.8 Å². The van der Waals surface area contributed by atoms with Crippen LogP contribution in [0.15, 0.2) is 23.8 Å². The second kappa shape index (κ2) is 7.82. The molecule has 0 aromatic rings. The van der Waals surface area contributed by atoms with Gasteiger partial charge in [-0.1, -0.05) is 18.6 Å². The van der Waals surface area contributed by atoms with E-state index in [1.165, 1.54) is 0 Å². The lowest BCUT2D eigenvalue weighted by Crippen LogP contribution is -2.00. The van der Waals surface area contributed by atoms with Gasteiger partial charge < -0.3 is 10.2 Å². The zero-order valence-corrected chi connectivity index (χ0v) is 10.5. The van der Waals surface area contributed by atoms with Crippen molar-refractivity contribution in [2.24, 2.45) is 0 Å². The van der Waals surface area contributed by atoms with Crippen LogP contribution in [0.25, 0.3) is 0 Å². The molecule has 0 aromatic carbocycles. The minimum absolute atomic E-state index is 0.0357. The molecule has 0 aliphatic heterocycles. The minimum atomic E-state index is -0.740. The van der Waals surface area contributed by atoms with Crippen molar-refractivity contribution in [3.05, 3.63) is 23.8 Å². The minimum Gasteiger partial charge on any atom is -0.481 e. The zero-order valence-electron chi connectivity index (χ0n) is 10.5. The second-order valence-corrected chi connectivity index (χ2v) is 4.56. The highest BCUT2D eigenvalue weighted by Crippen LogP contribution is 2.18. The van der Waals surface area contributed by atoms with Gasteiger partial charge in [-0.05, 0) is 37.3 Å². The van der Waals surface area contributed by atoms with Gasteiger partial charge in [-0.25, -0.2) is 0 Å². The molecule has 0 amide bonds. The van der Waals surface area contributed by atoms with E-state index >= 15 is 0 Å². The summed E-state index contributed by atoms with van der Waals surface area (Å²) in [6.45, 7) is 0. The van der Waals surface area contributed by atoms with Crippen molar-refractivity contribution < 1.29 is 19.8 Å². The predicted octanol–water partition coefficient (Wildman–Crippen LogP) is 2.23. The van der Waals surface area contributed by atoms with Crippen LogP contribution in [0.2, 0.25) is 0 Å². The molecule has 4 nitrogen and oxygen atoms in total. The maximum absolute atomic E-state index is 11.3. The number of ketones is 1. The average molecular weight is 252 g/mol. The highest BCUT2D eigenvalue weighted by Gasteiger charge is 2.20. The lowest BCUT2D eigenvalue weighted by Gasteiger charge is -1.96. The van der Waals surface area contributed by atoms with Gasteiger partial charge in [0.2, 0.25) is 0 Å². The van der Waals surface area contributed by atoms with E-state index in [-0.39, 0.29) is 18.6 Å². The molecular formula is C14H20O4. The molecule has 1 aliphatic rings. The van der Waals surface area contributed by atoms with Crippen LogP contribution in [0.1, 0.15) is 44.9 Å². The van der Waals surface area contributed by atoms with E-state index < -0.39 is 12.1 Å². The Hall–Kier alpha value is -1.42. The van der Waals surface area contributed by atoms with E-state index in [9.17, 15) is 14.7 Å². The first-order valence-electron chi connectivity index (χ1n) is 6.38. The summed E-state index contributed by atoms with van der Waals surface area (Å²) in [7, 11) is 0. The zero-order chi connectivity index (χ0) is 13.4. The van der Waals surface area contributed by atoms with Crippen LogP contribution in [0.4, 0.5) is 0 Å². The van der Waals surface area contributed by atoms with Crippen molar-refractivity contribution in [2.45, 2.75) is 51.0 Å². The van der Waals surface area contributed by atoms with Gasteiger partial charge in [0.05, 0.1) is 6.10 Å². The van der Waals surface area contributed by atoms with Crippen LogP contribution in [-0.2, 0) is 9.59 Å². The molecule has 4 heteroatoms. The van der Waals surface area contributed by atoms with Gasteiger partial charge in [-0.2, -0.15) is 0 Å². The summed E-state index contributed by atoms with van der Waals surface area (Å²) in [5, 5.41) is 17.7. The van der Waals surface area contributed by atoms with Gasteiger partial charge in [-0.15, -0.1) is 0 Å². The summed E-state index contributed by atoms with van der Waals surface area (Å²) >= 11 is 0. The first-order chi connectivity index (χ1) is 8.59. The number of unbranched alkanes of at least 4 members (excludes halogenated alkanes) is 3. The third kappa shape index (κ3) is 5.77. The molecule has 0 radical (unpaired) electrons. The Labute approximate surface area is 107 Å². The Morgan fingerprint density at radius 2 is 2.11 bits per heavy atom. The summed E-state index contributed by atoms with van der Waals surface area (Å²) in [5.41, 5.74) is 0.699. The lowest BCUT2D eigenvalue weighted by molar-refractivity contribution is -0.137. The monoisotopic (exact) mass is 252 g/mol. The largest absolute Gasteiger partial charge is 0.481 e. The van der Waals surface area contributed by atoms with Crippen molar-refractivity contribution >= 4 is 11.8 Å². The number of carboxylic acids is 1. The van der Waals surface area contributed by atoms with Crippen LogP contribution in [0.3, 0.4) is 0 Å². The second-order valence-electron chi connectivity index (χ2n) is 4.56. The quantitative estimate of drug-likeness (QED) is 0.513. The number of hydrogen-bond donors (Lipinski definition) is 2. The fourth-order valence-electron chi connectivity index (χ4n) is 1.93. The number of aliphatic carboxylic acids is 1. The first-order valence-corrected chi connectivity index (χ1v) is 6.38. The molecule has 0 saturated carbocycles. The van der Waals surface area contributed by atoms with Gasteiger partial charge in [-0.3, -0.25) is 9.59 Å². The Bertz CT molecular complexity index is 355. The lowest BCUT2D eigenvalue weighted by atomic mass is 10.1. The van der Waals surface area contributed by atoms with E-state index in [2.05, 4.69) is 0 Å². The molecule has 18 heavy (non-hydrogen) atoms. The maximum atomic E-state index is 11.3. The average Bonchev–Trinajstić information content (AvgIpc) is 2.61. The molecule has 1 unspecified atom stereocenters. The van der Waals surface area contributed by atoms with E-state index in [0.717, 1.165) is 25.7 Å². The van der Waals surface area contributed by atoms with Crippen molar-refractivity contribution in [3.63, 3.8) is 0 Å². The standard InChI is InChI=1S/C14H20O4/c15-12-9-11(13(16)10-12)7-5-3-1-2-4-6-8-14(17)18/h3,5,9,12,15H,1-2,4,6-8,10H2,(H,17,18). The molecule has 1 rings (SSSR count). The number of aliphatic hydroxyl groups excluding tert-OH is 1. The summed E-state index contributed by atoms with van der Waals surface area (Å²) in [6.07, 6.45) is 9.54. The Balaban J connectivity index is 2.06. The van der Waals surface area contributed by atoms with E-state index in [4.69, 9.17) is 5.11 Å².